The predicted molar refractivity (Wildman–Crippen MR) is 136 cm³/mol. The van der Waals surface area contributed by atoms with E-state index in [4.69, 9.17) is 4.74 Å². The van der Waals surface area contributed by atoms with Crippen LogP contribution < -0.4 is 10.1 Å². The lowest BCUT2D eigenvalue weighted by atomic mass is 9.97. The zero-order valence-corrected chi connectivity index (χ0v) is 19.8. The minimum absolute atomic E-state index is 0.0519. The van der Waals surface area contributed by atoms with Crippen molar-refractivity contribution in [1.29, 1.82) is 0 Å². The number of benzene rings is 3. The second kappa shape index (κ2) is 11.2. The number of aromatic nitrogens is 2. The van der Waals surface area contributed by atoms with Gasteiger partial charge in [-0.2, -0.15) is 5.10 Å². The van der Waals surface area contributed by atoms with E-state index in [0.29, 0.717) is 30.1 Å². The molecule has 4 rings (SSSR count). The van der Waals surface area contributed by atoms with Crippen molar-refractivity contribution in [3.8, 4) is 16.9 Å². The molecule has 4 aromatic rings. The van der Waals surface area contributed by atoms with Gasteiger partial charge in [0.1, 0.15) is 12.3 Å². The number of carbonyl (C=O) groups excluding carboxylic acids is 2. The fourth-order valence-electron chi connectivity index (χ4n) is 3.86. The van der Waals surface area contributed by atoms with Crippen LogP contribution >= 0.6 is 0 Å². The fraction of sp³-hybridized carbons (Fsp3) is 0.179. The van der Waals surface area contributed by atoms with Gasteiger partial charge in [0.25, 0.3) is 5.91 Å². The number of anilines is 1. The maximum absolute atomic E-state index is 13.5. The first-order valence-corrected chi connectivity index (χ1v) is 11.5. The largest absolute Gasteiger partial charge is 0.497 e. The Hall–Kier alpha value is -4.39. The summed E-state index contributed by atoms with van der Waals surface area (Å²) in [4.78, 5) is 27.7. The number of ether oxygens (including phenoxy) is 1. The van der Waals surface area contributed by atoms with Crippen LogP contribution in [0.15, 0.2) is 91.3 Å². The van der Waals surface area contributed by atoms with Crippen LogP contribution in [0.1, 0.15) is 22.8 Å². The van der Waals surface area contributed by atoms with Crippen LogP contribution in [0.3, 0.4) is 0 Å². The zero-order chi connectivity index (χ0) is 24.6. The normalized spacial score (nSPS) is 10.6. The Balaban J connectivity index is 1.49. The molecule has 0 radical (unpaired) electrons. The van der Waals surface area contributed by atoms with E-state index in [1.807, 2.05) is 66.3 Å². The van der Waals surface area contributed by atoms with Gasteiger partial charge in [0.05, 0.1) is 13.7 Å². The van der Waals surface area contributed by atoms with Gasteiger partial charge in [-0.1, -0.05) is 48.5 Å². The Kier molecular flexibility index (Phi) is 7.57. The van der Waals surface area contributed by atoms with Gasteiger partial charge in [-0.15, -0.1) is 0 Å². The van der Waals surface area contributed by atoms with Crippen molar-refractivity contribution in [2.24, 2.45) is 0 Å². The minimum Gasteiger partial charge on any atom is -0.497 e. The smallest absolute Gasteiger partial charge is 0.254 e. The van der Waals surface area contributed by atoms with Crippen molar-refractivity contribution in [3.05, 3.63) is 102 Å². The highest BCUT2D eigenvalue weighted by molar-refractivity contribution is 6.03. The summed E-state index contributed by atoms with van der Waals surface area (Å²) >= 11 is 0. The van der Waals surface area contributed by atoms with E-state index in [-0.39, 0.29) is 18.4 Å². The molecule has 0 bridgehead atoms. The summed E-state index contributed by atoms with van der Waals surface area (Å²) in [5, 5.41) is 7.08. The molecule has 0 atom stereocenters. The summed E-state index contributed by atoms with van der Waals surface area (Å²) in [6.07, 6.45) is 3.68. The molecule has 0 saturated heterocycles. The molecule has 1 heterocycles. The molecular formula is C28H28N4O3. The molecule has 0 aliphatic heterocycles. The Labute approximate surface area is 205 Å². The van der Waals surface area contributed by atoms with E-state index in [0.717, 1.165) is 16.7 Å². The van der Waals surface area contributed by atoms with Crippen molar-refractivity contribution >= 4 is 17.5 Å². The summed E-state index contributed by atoms with van der Waals surface area (Å²) in [6, 6.07) is 24.6. The number of methoxy groups -OCH3 is 1. The Morgan fingerprint density at radius 1 is 1.00 bits per heavy atom. The molecule has 0 aliphatic carbocycles. The van der Waals surface area contributed by atoms with E-state index in [1.165, 1.54) is 0 Å². The number of carbonyl (C=O) groups is 2. The molecule has 1 N–H and O–H groups in total. The van der Waals surface area contributed by atoms with Gasteiger partial charge in [-0.25, -0.2) is 0 Å². The van der Waals surface area contributed by atoms with E-state index >= 15 is 0 Å². The summed E-state index contributed by atoms with van der Waals surface area (Å²) in [7, 11) is 1.57. The van der Waals surface area contributed by atoms with E-state index < -0.39 is 0 Å². The minimum atomic E-state index is -0.270. The first kappa shape index (κ1) is 23.8. The zero-order valence-electron chi connectivity index (χ0n) is 19.8. The molecule has 178 valence electrons. The number of nitrogens with zero attached hydrogens (tertiary/aromatic N) is 3. The molecular weight excluding hydrogens is 440 g/mol. The van der Waals surface area contributed by atoms with Gasteiger partial charge in [0.2, 0.25) is 5.91 Å². The van der Waals surface area contributed by atoms with Crippen LogP contribution in [0, 0.1) is 0 Å². The Morgan fingerprint density at radius 3 is 2.51 bits per heavy atom. The number of amides is 2. The summed E-state index contributed by atoms with van der Waals surface area (Å²) in [5.41, 5.74) is 4.06. The topological polar surface area (TPSA) is 76.5 Å². The maximum Gasteiger partial charge on any atom is 0.254 e. The number of rotatable bonds is 9. The van der Waals surface area contributed by atoms with Crippen molar-refractivity contribution in [3.63, 3.8) is 0 Å². The van der Waals surface area contributed by atoms with Gasteiger partial charge >= 0.3 is 0 Å². The van der Waals surface area contributed by atoms with Crippen LogP contribution in [0.5, 0.6) is 5.75 Å². The average Bonchev–Trinajstić information content (AvgIpc) is 3.40. The summed E-state index contributed by atoms with van der Waals surface area (Å²) < 4.78 is 7.07. The van der Waals surface area contributed by atoms with Crippen LogP contribution in [-0.4, -0.2) is 46.7 Å². The number of likely N-dealkylation sites (N-methyl/N-ethyl adjacent to an activating group) is 1. The third-order valence-electron chi connectivity index (χ3n) is 5.68. The molecule has 7 heteroatoms. The lowest BCUT2D eigenvalue weighted by Gasteiger charge is -2.22. The van der Waals surface area contributed by atoms with E-state index in [1.54, 1.807) is 48.5 Å². The first-order chi connectivity index (χ1) is 17.1. The monoisotopic (exact) mass is 468 g/mol. The fourth-order valence-corrected chi connectivity index (χ4v) is 3.86. The second-order valence-corrected chi connectivity index (χ2v) is 8.05. The standard InChI is InChI=1S/C28H28N4O3/c1-3-31(20-27(33)30-23-8-6-9-24(18-23)35-2)28(34)26-11-5-4-10-25(26)22-14-12-21(13-15-22)19-32-17-7-16-29-32/h4-18H,3,19-20H2,1-2H3,(H,30,33). The molecule has 7 nitrogen and oxygen atoms in total. The third kappa shape index (κ3) is 5.95. The molecule has 0 fully saturated rings. The van der Waals surface area contributed by atoms with Crippen molar-refractivity contribution in [2.75, 3.05) is 25.5 Å². The molecule has 0 unspecified atom stereocenters. The predicted octanol–water partition coefficient (Wildman–Crippen LogP) is 4.71. The van der Waals surface area contributed by atoms with Gasteiger partial charge in [-0.05, 0) is 47.9 Å². The van der Waals surface area contributed by atoms with E-state index in [9.17, 15) is 9.59 Å². The lowest BCUT2D eigenvalue weighted by Crippen LogP contribution is -2.38. The molecule has 3 aromatic carbocycles. The number of hydrogen-bond acceptors (Lipinski definition) is 4. The molecule has 2 amide bonds. The van der Waals surface area contributed by atoms with Crippen LogP contribution in [0.25, 0.3) is 11.1 Å². The highest BCUT2D eigenvalue weighted by Gasteiger charge is 2.20. The molecule has 0 aliphatic rings. The average molecular weight is 469 g/mol. The van der Waals surface area contributed by atoms with Crippen molar-refractivity contribution < 1.29 is 14.3 Å². The number of hydrogen-bond donors (Lipinski definition) is 1. The number of nitrogens with one attached hydrogen (secondary N) is 1. The first-order valence-electron chi connectivity index (χ1n) is 11.5. The highest BCUT2D eigenvalue weighted by Crippen LogP contribution is 2.26. The van der Waals surface area contributed by atoms with Gasteiger partial charge in [0, 0.05) is 36.3 Å². The third-order valence-corrected chi connectivity index (χ3v) is 5.68. The van der Waals surface area contributed by atoms with Crippen LogP contribution in [-0.2, 0) is 11.3 Å². The van der Waals surface area contributed by atoms with E-state index in [2.05, 4.69) is 10.4 Å². The van der Waals surface area contributed by atoms with Gasteiger partial charge in [0.15, 0.2) is 0 Å². The molecule has 35 heavy (non-hydrogen) atoms. The maximum atomic E-state index is 13.5. The van der Waals surface area contributed by atoms with Gasteiger partial charge < -0.3 is 15.0 Å². The summed E-state index contributed by atoms with van der Waals surface area (Å²) in [5.74, 6) is 0.189. The van der Waals surface area contributed by atoms with Crippen molar-refractivity contribution in [1.82, 2.24) is 14.7 Å². The Bertz CT molecular complexity index is 1280. The second-order valence-electron chi connectivity index (χ2n) is 8.05. The van der Waals surface area contributed by atoms with Crippen LogP contribution in [0.4, 0.5) is 5.69 Å². The molecule has 1 aromatic heterocycles. The van der Waals surface area contributed by atoms with Gasteiger partial charge in [-0.3, -0.25) is 14.3 Å². The highest BCUT2D eigenvalue weighted by atomic mass is 16.5. The van der Waals surface area contributed by atoms with Crippen LogP contribution in [0.2, 0.25) is 0 Å². The van der Waals surface area contributed by atoms with Crippen molar-refractivity contribution in [2.45, 2.75) is 13.5 Å². The summed E-state index contributed by atoms with van der Waals surface area (Å²) in [6.45, 7) is 2.90. The molecule has 0 spiro atoms. The quantitative estimate of drug-likeness (QED) is 0.386. The Morgan fingerprint density at radius 2 is 1.80 bits per heavy atom. The molecule has 0 saturated carbocycles. The SMILES string of the molecule is CCN(CC(=O)Nc1cccc(OC)c1)C(=O)c1ccccc1-c1ccc(Cn2cccn2)cc1. The lowest BCUT2D eigenvalue weighted by molar-refractivity contribution is -0.116.